The van der Waals surface area contributed by atoms with Crippen molar-refractivity contribution in [1.82, 2.24) is 4.90 Å². The van der Waals surface area contributed by atoms with E-state index in [1.807, 2.05) is 20.8 Å². The van der Waals surface area contributed by atoms with Gasteiger partial charge in [0.05, 0.1) is 16.9 Å². The third-order valence-corrected chi connectivity index (χ3v) is 3.77. The number of nitrogens with one attached hydrogen (secondary N) is 1. The second-order valence-corrected chi connectivity index (χ2v) is 6.92. The van der Waals surface area contributed by atoms with Crippen LogP contribution >= 0.6 is 0 Å². The lowest BCUT2D eigenvalue weighted by Gasteiger charge is -2.34. The molecule has 1 aliphatic heterocycles. The molecule has 0 radical (unpaired) electrons. The summed E-state index contributed by atoms with van der Waals surface area (Å²) in [5.74, 6) is -0.597. The summed E-state index contributed by atoms with van der Waals surface area (Å²) < 4.78 is 19.1. The molecule has 1 amide bonds. The van der Waals surface area contributed by atoms with Gasteiger partial charge in [0, 0.05) is 25.2 Å². The molecule has 0 atom stereocenters. The molecule has 6 nitrogen and oxygen atoms in total. The zero-order valence-electron chi connectivity index (χ0n) is 14.2. The van der Waals surface area contributed by atoms with Crippen molar-refractivity contribution in [2.75, 3.05) is 24.1 Å². The molecule has 0 bridgehead atoms. The monoisotopic (exact) mass is 334 g/mol. The number of likely N-dealkylation sites (tertiary alicyclic amines) is 1. The van der Waals surface area contributed by atoms with Gasteiger partial charge in [0.15, 0.2) is 0 Å². The topological polar surface area (TPSA) is 91.4 Å². The zero-order valence-corrected chi connectivity index (χ0v) is 14.2. The van der Waals surface area contributed by atoms with Gasteiger partial charge in [-0.15, -0.1) is 0 Å². The fraction of sp³-hybridized carbons (Fsp3) is 0.529. The number of ether oxygens (including phenoxy) is 1. The van der Waals surface area contributed by atoms with Gasteiger partial charge < -0.3 is 20.7 Å². The number of nitrogens with zero attached hydrogens (tertiary/aromatic N) is 2. The summed E-state index contributed by atoms with van der Waals surface area (Å²) >= 11 is 0. The number of halogens is 1. The minimum Gasteiger partial charge on any atom is -0.444 e. The molecule has 2 rings (SSSR count). The Hall–Kier alpha value is -2.49. The number of nitrogens with two attached hydrogens (primary N) is 1. The molecule has 1 saturated heterocycles. The highest BCUT2D eigenvalue weighted by atomic mass is 19.1. The van der Waals surface area contributed by atoms with Gasteiger partial charge in [-0.25, -0.2) is 9.18 Å². The summed E-state index contributed by atoms with van der Waals surface area (Å²) in [6.07, 6.45) is 1.10. The van der Waals surface area contributed by atoms with Crippen LogP contribution in [0.25, 0.3) is 0 Å². The molecular formula is C17H23FN4O2. The Morgan fingerprint density at radius 2 is 2.04 bits per heavy atom. The highest BCUT2D eigenvalue weighted by Gasteiger charge is 2.27. The first kappa shape index (κ1) is 17.9. The summed E-state index contributed by atoms with van der Waals surface area (Å²) in [5, 5.41) is 12.0. The first-order chi connectivity index (χ1) is 11.2. The van der Waals surface area contributed by atoms with E-state index in [0.29, 0.717) is 37.3 Å². The Balaban J connectivity index is 1.93. The maximum atomic E-state index is 13.7. The van der Waals surface area contributed by atoms with E-state index >= 15 is 0 Å². The number of anilines is 2. The number of amides is 1. The van der Waals surface area contributed by atoms with Gasteiger partial charge in [0.25, 0.3) is 0 Å². The number of carbonyl (C=O) groups excluding carboxylic acids is 1. The van der Waals surface area contributed by atoms with Crippen LogP contribution in [-0.2, 0) is 4.74 Å². The number of rotatable bonds is 2. The van der Waals surface area contributed by atoms with Crippen LogP contribution in [0, 0.1) is 17.1 Å². The summed E-state index contributed by atoms with van der Waals surface area (Å²) in [4.78, 5) is 13.7. The first-order valence-corrected chi connectivity index (χ1v) is 7.93. The van der Waals surface area contributed by atoms with Crippen LogP contribution in [0.4, 0.5) is 20.6 Å². The van der Waals surface area contributed by atoms with Gasteiger partial charge in [-0.3, -0.25) is 0 Å². The Kier molecular flexibility index (Phi) is 5.17. The average Bonchev–Trinajstić information content (AvgIpc) is 2.49. The lowest BCUT2D eigenvalue weighted by molar-refractivity contribution is 0.0210. The molecule has 0 saturated carbocycles. The minimum atomic E-state index is -0.597. The first-order valence-electron chi connectivity index (χ1n) is 7.93. The molecule has 0 unspecified atom stereocenters. The quantitative estimate of drug-likeness (QED) is 0.811. The van der Waals surface area contributed by atoms with Crippen LogP contribution in [0.5, 0.6) is 0 Å². The molecule has 1 aromatic carbocycles. The lowest BCUT2D eigenvalue weighted by Crippen LogP contribution is -2.44. The van der Waals surface area contributed by atoms with Crippen molar-refractivity contribution >= 4 is 17.5 Å². The van der Waals surface area contributed by atoms with Crippen LogP contribution in [-0.4, -0.2) is 35.7 Å². The van der Waals surface area contributed by atoms with E-state index in [1.165, 1.54) is 12.1 Å². The van der Waals surface area contributed by atoms with Crippen molar-refractivity contribution < 1.29 is 13.9 Å². The largest absolute Gasteiger partial charge is 0.444 e. The third-order valence-electron chi connectivity index (χ3n) is 3.77. The highest BCUT2D eigenvalue weighted by Crippen LogP contribution is 2.26. The standard InChI is InChI=1S/C17H23FN4O2/c1-17(2,3)24-16(23)22-6-4-12(5-7-22)21-15-9-13(18)11(10-19)8-14(15)20/h8-9,12,21H,4-7,20H2,1-3H3. The summed E-state index contributed by atoms with van der Waals surface area (Å²) in [6.45, 7) is 6.63. The van der Waals surface area contributed by atoms with E-state index in [1.54, 1.807) is 11.0 Å². The maximum Gasteiger partial charge on any atom is 0.410 e. The Bertz CT molecular complexity index is 656. The minimum absolute atomic E-state index is 0.0715. The molecule has 24 heavy (non-hydrogen) atoms. The van der Waals surface area contributed by atoms with Gasteiger partial charge in [-0.05, 0) is 39.7 Å². The van der Waals surface area contributed by atoms with E-state index in [4.69, 9.17) is 15.7 Å². The zero-order chi connectivity index (χ0) is 17.9. The molecule has 1 fully saturated rings. The van der Waals surface area contributed by atoms with Gasteiger partial charge in [-0.2, -0.15) is 5.26 Å². The van der Waals surface area contributed by atoms with Crippen molar-refractivity contribution in [3.05, 3.63) is 23.5 Å². The molecular weight excluding hydrogens is 311 g/mol. The predicted octanol–water partition coefficient (Wildman–Crippen LogP) is 3.09. The van der Waals surface area contributed by atoms with Gasteiger partial charge in [-0.1, -0.05) is 0 Å². The SMILES string of the molecule is CC(C)(C)OC(=O)N1CCC(Nc2cc(F)c(C#N)cc2N)CC1. The molecule has 3 N–H and O–H groups in total. The number of benzene rings is 1. The van der Waals surface area contributed by atoms with Crippen molar-refractivity contribution in [1.29, 1.82) is 5.26 Å². The van der Waals surface area contributed by atoms with Crippen molar-refractivity contribution in [3.8, 4) is 6.07 Å². The van der Waals surface area contributed by atoms with Crippen molar-refractivity contribution in [2.45, 2.75) is 45.3 Å². The Labute approximate surface area is 141 Å². The van der Waals surface area contributed by atoms with E-state index in [9.17, 15) is 9.18 Å². The predicted molar refractivity (Wildman–Crippen MR) is 90.0 cm³/mol. The van der Waals surface area contributed by atoms with Crippen molar-refractivity contribution in [3.63, 3.8) is 0 Å². The van der Waals surface area contributed by atoms with Crippen LogP contribution < -0.4 is 11.1 Å². The van der Waals surface area contributed by atoms with E-state index in [0.717, 1.165) is 0 Å². The third kappa shape index (κ3) is 4.51. The Morgan fingerprint density at radius 3 is 2.58 bits per heavy atom. The second-order valence-electron chi connectivity index (χ2n) is 6.92. The van der Waals surface area contributed by atoms with Crippen LogP contribution in [0.3, 0.4) is 0 Å². The van der Waals surface area contributed by atoms with Gasteiger partial charge >= 0.3 is 6.09 Å². The van der Waals surface area contributed by atoms with Gasteiger partial charge in [0.1, 0.15) is 17.5 Å². The molecule has 1 aliphatic rings. The molecule has 130 valence electrons. The van der Waals surface area contributed by atoms with Crippen LogP contribution in [0.15, 0.2) is 12.1 Å². The molecule has 0 spiro atoms. The molecule has 1 aromatic rings. The van der Waals surface area contributed by atoms with Crippen molar-refractivity contribution in [2.24, 2.45) is 0 Å². The number of carbonyl (C=O) groups is 1. The smallest absolute Gasteiger partial charge is 0.410 e. The van der Waals surface area contributed by atoms with Crippen LogP contribution in [0.2, 0.25) is 0 Å². The lowest BCUT2D eigenvalue weighted by atomic mass is 10.0. The number of nitriles is 1. The van der Waals surface area contributed by atoms with E-state index in [-0.39, 0.29) is 17.7 Å². The Morgan fingerprint density at radius 1 is 1.42 bits per heavy atom. The summed E-state index contributed by atoms with van der Waals surface area (Å²) in [6, 6.07) is 4.42. The number of hydrogen-bond acceptors (Lipinski definition) is 5. The fourth-order valence-corrected chi connectivity index (χ4v) is 2.55. The number of hydrogen-bond donors (Lipinski definition) is 2. The molecule has 7 heteroatoms. The van der Waals surface area contributed by atoms with E-state index < -0.39 is 11.4 Å². The molecule has 0 aromatic heterocycles. The molecule has 0 aliphatic carbocycles. The normalized spacial score (nSPS) is 15.7. The average molecular weight is 334 g/mol. The maximum absolute atomic E-state index is 13.7. The fourth-order valence-electron chi connectivity index (χ4n) is 2.55. The van der Waals surface area contributed by atoms with Gasteiger partial charge in [0.2, 0.25) is 0 Å². The second kappa shape index (κ2) is 6.95. The molecule has 1 heterocycles. The van der Waals surface area contributed by atoms with E-state index in [2.05, 4.69) is 5.32 Å². The van der Waals surface area contributed by atoms with Crippen LogP contribution in [0.1, 0.15) is 39.2 Å². The highest BCUT2D eigenvalue weighted by molar-refractivity contribution is 5.70. The number of piperidine rings is 1. The summed E-state index contributed by atoms with van der Waals surface area (Å²) in [7, 11) is 0. The number of nitrogen functional groups attached to an aromatic ring is 1. The summed E-state index contributed by atoms with van der Waals surface area (Å²) in [5.41, 5.74) is 6.09.